The van der Waals surface area contributed by atoms with Gasteiger partial charge >= 0.3 is 18.3 Å². The number of aliphatic hydroxyl groups is 1. The molecule has 0 fully saturated rings. The van der Waals surface area contributed by atoms with Crippen LogP contribution < -0.4 is 4.74 Å². The molecular weight excluding hydrogens is 473 g/mol. The molecule has 1 aliphatic carbocycles. The van der Waals surface area contributed by atoms with Crippen molar-refractivity contribution >= 4 is 40.4 Å². The van der Waals surface area contributed by atoms with Crippen LogP contribution in [0.15, 0.2) is 50.3 Å². The quantitative estimate of drug-likeness (QED) is 0.418. The van der Waals surface area contributed by atoms with Crippen LogP contribution >= 0.6 is 22.9 Å². The Bertz CT molecular complexity index is 1110. The van der Waals surface area contributed by atoms with Crippen molar-refractivity contribution in [1.29, 1.82) is 0 Å². The highest BCUT2D eigenvalue weighted by Gasteiger charge is 2.61. The number of alkyl halides is 5. The second-order valence-corrected chi connectivity index (χ2v) is 7.94. The number of fused-ring (bicyclic) bond motifs is 1. The topological polar surface area (TPSA) is 96.2 Å². The van der Waals surface area contributed by atoms with Gasteiger partial charge in [0.1, 0.15) is 5.76 Å². The lowest BCUT2D eigenvalue weighted by Gasteiger charge is -2.20. The summed E-state index contributed by atoms with van der Waals surface area (Å²) in [5.74, 6) is -2.85. The van der Waals surface area contributed by atoms with E-state index in [1.54, 1.807) is 0 Å². The average molecular weight is 484 g/mol. The number of thiophene rings is 1. The lowest BCUT2D eigenvalue weighted by molar-refractivity contribution is -0.359. The number of rotatable bonds is 6. The number of aliphatic carboxylic acids is 1. The number of carboxylic acid groups (broad SMARTS) is 1. The van der Waals surface area contributed by atoms with Crippen LogP contribution in [0.25, 0.3) is 0 Å². The molecular formula is C18H11ClF5NO5S. The van der Waals surface area contributed by atoms with E-state index in [1.807, 2.05) is 0 Å². The lowest BCUT2D eigenvalue weighted by atomic mass is 9.86. The standard InChI is InChI=1S/C18H11ClF5NO5S/c1-6-7(4-11(26)27)13-9(25-6)5-8(19)15(28)14(13)16(29)10-2-3-12(31-10)30-18(23,24)17(20,21)22/h2-3,28H,4-5H2,1H3,(H,26,27). The Morgan fingerprint density at radius 2 is 1.90 bits per heavy atom. The van der Waals surface area contributed by atoms with Gasteiger partial charge in [-0.15, -0.1) is 0 Å². The van der Waals surface area contributed by atoms with Gasteiger partial charge in [-0.25, -0.2) is 0 Å². The Morgan fingerprint density at radius 3 is 2.48 bits per heavy atom. The summed E-state index contributed by atoms with van der Waals surface area (Å²) in [6.45, 7) is 1.50. The molecule has 0 aromatic carbocycles. The summed E-state index contributed by atoms with van der Waals surface area (Å²) in [4.78, 5) is 28.1. The molecule has 2 aliphatic rings. The Kier molecular flexibility index (Phi) is 5.74. The van der Waals surface area contributed by atoms with Crippen LogP contribution in [0.5, 0.6) is 5.06 Å². The number of carboxylic acids is 1. The van der Waals surface area contributed by atoms with E-state index in [4.69, 9.17) is 16.7 Å². The molecule has 0 radical (unpaired) electrons. The zero-order valence-corrected chi connectivity index (χ0v) is 16.9. The molecule has 0 amide bonds. The van der Waals surface area contributed by atoms with Crippen LogP contribution in [-0.4, -0.2) is 40.0 Å². The van der Waals surface area contributed by atoms with E-state index >= 15 is 0 Å². The maximum Gasteiger partial charge on any atom is 0.499 e. The highest BCUT2D eigenvalue weighted by atomic mass is 35.5. The number of ether oxygens (including phenoxy) is 1. The largest absolute Gasteiger partial charge is 0.506 e. The number of aliphatic imine (C=N–C) groups is 1. The van der Waals surface area contributed by atoms with Crippen molar-refractivity contribution in [3.05, 3.63) is 50.2 Å². The predicted octanol–water partition coefficient (Wildman–Crippen LogP) is 5.38. The summed E-state index contributed by atoms with van der Waals surface area (Å²) < 4.78 is 66.9. The first-order valence-corrected chi connectivity index (χ1v) is 9.52. The van der Waals surface area contributed by atoms with E-state index in [1.165, 1.54) is 6.92 Å². The maximum atomic E-state index is 13.1. The lowest BCUT2D eigenvalue weighted by Crippen LogP contribution is -2.41. The molecule has 0 spiro atoms. The predicted molar refractivity (Wildman–Crippen MR) is 99.8 cm³/mol. The molecule has 1 aliphatic heterocycles. The first kappa shape index (κ1) is 22.9. The van der Waals surface area contributed by atoms with Crippen molar-refractivity contribution in [3.63, 3.8) is 0 Å². The van der Waals surface area contributed by atoms with Crippen LogP contribution in [0.2, 0.25) is 0 Å². The van der Waals surface area contributed by atoms with Gasteiger partial charge in [0.15, 0.2) is 5.06 Å². The highest BCUT2D eigenvalue weighted by molar-refractivity contribution is 7.16. The fourth-order valence-corrected chi connectivity index (χ4v) is 4.03. The number of halogens is 6. The van der Waals surface area contributed by atoms with Gasteiger partial charge in [0.25, 0.3) is 0 Å². The third-order valence-corrected chi connectivity index (χ3v) is 5.59. The fraction of sp³-hybridized carbons (Fsp3) is 0.278. The van der Waals surface area contributed by atoms with Crippen LogP contribution in [0.4, 0.5) is 22.0 Å². The second-order valence-electron chi connectivity index (χ2n) is 6.44. The zero-order valence-electron chi connectivity index (χ0n) is 15.3. The average Bonchev–Trinajstić information content (AvgIpc) is 3.19. The normalized spacial score (nSPS) is 17.2. The van der Waals surface area contributed by atoms with Gasteiger partial charge < -0.3 is 14.9 Å². The van der Waals surface area contributed by atoms with Crippen LogP contribution in [0, 0.1) is 0 Å². The molecule has 0 atom stereocenters. The Balaban J connectivity index is 2.03. The zero-order chi connectivity index (χ0) is 23.3. The molecule has 0 unspecified atom stereocenters. The molecule has 0 saturated carbocycles. The van der Waals surface area contributed by atoms with Crippen LogP contribution in [0.3, 0.4) is 0 Å². The molecule has 13 heteroatoms. The van der Waals surface area contributed by atoms with Crippen molar-refractivity contribution in [2.75, 3.05) is 0 Å². The second kappa shape index (κ2) is 7.75. The van der Waals surface area contributed by atoms with Crippen LogP contribution in [-0.2, 0) is 4.79 Å². The Labute approximate surface area is 179 Å². The van der Waals surface area contributed by atoms with E-state index in [9.17, 15) is 36.6 Å². The third kappa shape index (κ3) is 4.22. The van der Waals surface area contributed by atoms with Gasteiger partial charge in [-0.2, -0.15) is 22.0 Å². The number of hydrogen-bond donors (Lipinski definition) is 2. The van der Waals surface area contributed by atoms with Gasteiger partial charge in [0.2, 0.25) is 5.78 Å². The van der Waals surface area contributed by atoms with Crippen molar-refractivity contribution in [2.24, 2.45) is 4.99 Å². The summed E-state index contributed by atoms with van der Waals surface area (Å²) in [6.07, 6.45) is -12.0. The molecule has 3 rings (SSSR count). The van der Waals surface area contributed by atoms with Gasteiger partial charge in [0, 0.05) is 17.7 Å². The van der Waals surface area contributed by atoms with Crippen molar-refractivity contribution in [2.45, 2.75) is 32.1 Å². The minimum Gasteiger partial charge on any atom is -0.506 e. The Hall–Kier alpha value is -2.73. The SMILES string of the molecule is CC1=C(CC(=O)O)C2=C(C(=O)c3ccc(OC(F)(F)C(F)(F)F)s3)C(O)=C(Cl)CC2=N1. The van der Waals surface area contributed by atoms with E-state index in [-0.39, 0.29) is 50.2 Å². The van der Waals surface area contributed by atoms with Crippen molar-refractivity contribution in [3.8, 4) is 5.06 Å². The molecule has 0 bridgehead atoms. The van der Waals surface area contributed by atoms with Crippen molar-refractivity contribution in [1.82, 2.24) is 0 Å². The number of nitrogens with zero attached hydrogens (tertiary/aromatic N) is 1. The number of Topliss-reactive ketones (excluding diaryl/α,β-unsaturated/α-hetero) is 1. The van der Waals surface area contributed by atoms with Gasteiger partial charge in [-0.05, 0) is 24.6 Å². The molecule has 31 heavy (non-hydrogen) atoms. The first-order valence-electron chi connectivity index (χ1n) is 8.33. The number of hydrogen-bond acceptors (Lipinski definition) is 6. The minimum absolute atomic E-state index is 0.0447. The minimum atomic E-state index is -5.97. The van der Waals surface area contributed by atoms with Gasteiger partial charge in [-0.1, -0.05) is 22.9 Å². The summed E-state index contributed by atoms with van der Waals surface area (Å²) in [5, 5.41) is 18.5. The fourth-order valence-electron chi connectivity index (χ4n) is 2.98. The van der Waals surface area contributed by atoms with Gasteiger partial charge in [0.05, 0.1) is 27.6 Å². The molecule has 1 aromatic heterocycles. The number of carbonyl (C=O) groups excluding carboxylic acids is 1. The van der Waals surface area contributed by atoms with Crippen molar-refractivity contribution < 1.29 is 46.5 Å². The van der Waals surface area contributed by atoms with E-state index in [0.717, 1.165) is 12.1 Å². The van der Waals surface area contributed by atoms with Gasteiger partial charge in [-0.3, -0.25) is 14.6 Å². The molecule has 1 aromatic rings. The monoisotopic (exact) mass is 483 g/mol. The van der Waals surface area contributed by atoms with E-state index < -0.39 is 46.9 Å². The Morgan fingerprint density at radius 1 is 1.26 bits per heavy atom. The summed E-state index contributed by atoms with van der Waals surface area (Å²) >= 11 is 6.18. The van der Waals surface area contributed by atoms with Crippen LogP contribution in [0.1, 0.15) is 29.4 Å². The smallest absolute Gasteiger partial charge is 0.499 e. The number of aliphatic hydroxyl groups excluding tert-OH is 1. The molecule has 2 N–H and O–H groups in total. The van der Waals surface area contributed by atoms with E-state index in [0.29, 0.717) is 0 Å². The highest BCUT2D eigenvalue weighted by Crippen LogP contribution is 2.43. The molecule has 2 heterocycles. The molecule has 0 saturated heterocycles. The summed E-state index contributed by atoms with van der Waals surface area (Å²) in [5.41, 5.74) is 0.300. The molecule has 166 valence electrons. The van der Waals surface area contributed by atoms with E-state index in [2.05, 4.69) is 9.73 Å². The maximum absolute atomic E-state index is 13.1. The number of allylic oxidation sites excluding steroid dienone is 4. The summed E-state index contributed by atoms with van der Waals surface area (Å²) in [7, 11) is 0. The number of ketones is 1. The molecule has 6 nitrogen and oxygen atoms in total. The number of carbonyl (C=O) groups is 2. The summed E-state index contributed by atoms with van der Waals surface area (Å²) in [6, 6.07) is 1.69. The first-order chi connectivity index (χ1) is 14.2. The third-order valence-electron chi connectivity index (χ3n) is 4.32.